The van der Waals surface area contributed by atoms with Crippen molar-refractivity contribution in [3.63, 3.8) is 0 Å². The Morgan fingerprint density at radius 3 is 3.06 bits per heavy atom. The summed E-state index contributed by atoms with van der Waals surface area (Å²) in [6, 6.07) is 3.32. The van der Waals surface area contributed by atoms with Gasteiger partial charge in [-0.1, -0.05) is 0 Å². The average Bonchev–Trinajstić information content (AvgIpc) is 2.74. The SMILES string of the molecule is Cc1nc2c3c(ccc2c(=O)n1N)OCO3. The van der Waals surface area contributed by atoms with E-state index in [2.05, 4.69) is 4.98 Å². The molecule has 1 aromatic heterocycles. The Kier molecular flexibility index (Phi) is 1.62. The van der Waals surface area contributed by atoms with E-state index in [0.29, 0.717) is 28.2 Å². The predicted molar refractivity (Wildman–Crippen MR) is 57.0 cm³/mol. The second kappa shape index (κ2) is 2.88. The van der Waals surface area contributed by atoms with Gasteiger partial charge in [-0.15, -0.1) is 0 Å². The van der Waals surface area contributed by atoms with Gasteiger partial charge in [-0.2, -0.15) is 0 Å². The molecule has 0 bridgehead atoms. The molecule has 1 aliphatic rings. The number of hydrogen-bond donors (Lipinski definition) is 1. The molecule has 0 aliphatic carbocycles. The number of hydrogen-bond acceptors (Lipinski definition) is 5. The maximum absolute atomic E-state index is 11.9. The number of aromatic nitrogens is 2. The maximum Gasteiger partial charge on any atom is 0.279 e. The summed E-state index contributed by atoms with van der Waals surface area (Å²) in [5.74, 6) is 7.11. The molecule has 0 saturated heterocycles. The summed E-state index contributed by atoms with van der Waals surface area (Å²) in [5, 5.41) is 0.428. The normalized spacial score (nSPS) is 13.3. The number of rotatable bonds is 0. The zero-order chi connectivity index (χ0) is 11.3. The summed E-state index contributed by atoms with van der Waals surface area (Å²) >= 11 is 0. The van der Waals surface area contributed by atoms with Gasteiger partial charge in [0.2, 0.25) is 6.79 Å². The van der Waals surface area contributed by atoms with Crippen LogP contribution in [-0.4, -0.2) is 16.5 Å². The number of ether oxygens (including phenoxy) is 2. The first-order valence-electron chi connectivity index (χ1n) is 4.75. The molecule has 6 nitrogen and oxygen atoms in total. The zero-order valence-corrected chi connectivity index (χ0v) is 8.56. The van der Waals surface area contributed by atoms with Crippen molar-refractivity contribution in [2.24, 2.45) is 0 Å². The highest BCUT2D eigenvalue weighted by atomic mass is 16.7. The van der Waals surface area contributed by atoms with Crippen LogP contribution in [0.1, 0.15) is 5.82 Å². The molecule has 3 rings (SSSR count). The molecule has 0 amide bonds. The first-order valence-corrected chi connectivity index (χ1v) is 4.75. The Balaban J connectivity index is 2.51. The van der Waals surface area contributed by atoms with E-state index in [-0.39, 0.29) is 12.4 Å². The Bertz CT molecular complexity index is 648. The fourth-order valence-electron chi connectivity index (χ4n) is 1.73. The van der Waals surface area contributed by atoms with Gasteiger partial charge in [0, 0.05) is 0 Å². The third-order valence-corrected chi connectivity index (χ3v) is 2.58. The van der Waals surface area contributed by atoms with Gasteiger partial charge in [-0.05, 0) is 19.1 Å². The number of aryl methyl sites for hydroxylation is 1. The quantitative estimate of drug-likeness (QED) is 0.638. The van der Waals surface area contributed by atoms with Crippen molar-refractivity contribution in [1.82, 2.24) is 9.66 Å². The average molecular weight is 219 g/mol. The lowest BCUT2D eigenvalue weighted by Crippen LogP contribution is -2.30. The van der Waals surface area contributed by atoms with Gasteiger partial charge < -0.3 is 15.3 Å². The van der Waals surface area contributed by atoms with Crippen LogP contribution in [0.5, 0.6) is 11.5 Å². The predicted octanol–water partition coefficient (Wildman–Crippen LogP) is 0.147. The highest BCUT2D eigenvalue weighted by Crippen LogP contribution is 2.36. The fraction of sp³-hybridized carbons (Fsp3) is 0.200. The minimum Gasteiger partial charge on any atom is -0.454 e. The highest BCUT2D eigenvalue weighted by Gasteiger charge is 2.20. The van der Waals surface area contributed by atoms with Crippen LogP contribution in [0.3, 0.4) is 0 Å². The Labute approximate surface area is 90.2 Å². The molecular weight excluding hydrogens is 210 g/mol. The van der Waals surface area contributed by atoms with Gasteiger partial charge in [0.1, 0.15) is 11.3 Å². The van der Waals surface area contributed by atoms with E-state index in [1.54, 1.807) is 19.1 Å². The standard InChI is InChI=1S/C10H9N3O3/c1-5-12-8-6(10(14)13(5)11)2-3-7-9(8)16-4-15-7/h2-3H,4,11H2,1H3. The summed E-state index contributed by atoms with van der Waals surface area (Å²) in [4.78, 5) is 16.1. The van der Waals surface area contributed by atoms with Gasteiger partial charge in [0.25, 0.3) is 5.56 Å². The number of fused-ring (bicyclic) bond motifs is 3. The van der Waals surface area contributed by atoms with Crippen molar-refractivity contribution >= 4 is 10.9 Å². The van der Waals surface area contributed by atoms with Crippen molar-refractivity contribution in [1.29, 1.82) is 0 Å². The third kappa shape index (κ3) is 1.01. The second-order valence-electron chi connectivity index (χ2n) is 3.53. The van der Waals surface area contributed by atoms with Gasteiger partial charge >= 0.3 is 0 Å². The summed E-state index contributed by atoms with van der Waals surface area (Å²) in [5.41, 5.74) is 0.208. The van der Waals surface area contributed by atoms with Crippen LogP contribution in [0.4, 0.5) is 0 Å². The number of nitrogens with zero attached hydrogens (tertiary/aromatic N) is 2. The van der Waals surface area contributed by atoms with E-state index in [1.807, 2.05) is 0 Å². The van der Waals surface area contributed by atoms with E-state index in [1.165, 1.54) is 0 Å². The van der Waals surface area contributed by atoms with Crippen molar-refractivity contribution in [2.45, 2.75) is 6.92 Å². The summed E-state index contributed by atoms with van der Waals surface area (Å²) in [6.45, 7) is 1.82. The fourth-order valence-corrected chi connectivity index (χ4v) is 1.73. The molecule has 0 saturated carbocycles. The topological polar surface area (TPSA) is 79.4 Å². The molecule has 0 atom stereocenters. The minimum atomic E-state index is -0.291. The van der Waals surface area contributed by atoms with Crippen LogP contribution in [0.2, 0.25) is 0 Å². The summed E-state index contributed by atoms with van der Waals surface area (Å²) in [6.07, 6.45) is 0. The molecule has 82 valence electrons. The van der Waals surface area contributed by atoms with Crippen molar-refractivity contribution in [2.75, 3.05) is 12.6 Å². The number of benzene rings is 1. The molecule has 1 aromatic carbocycles. The smallest absolute Gasteiger partial charge is 0.279 e. The van der Waals surface area contributed by atoms with E-state index in [0.717, 1.165) is 4.68 Å². The number of nitrogen functional groups attached to an aromatic ring is 1. The molecular formula is C10H9N3O3. The molecule has 2 aromatic rings. The van der Waals surface area contributed by atoms with Crippen molar-refractivity contribution in [3.05, 3.63) is 28.3 Å². The Hall–Kier alpha value is -2.24. The van der Waals surface area contributed by atoms with Gasteiger partial charge in [-0.3, -0.25) is 4.79 Å². The van der Waals surface area contributed by atoms with Crippen LogP contribution in [0.15, 0.2) is 16.9 Å². The first kappa shape index (κ1) is 9.02. The van der Waals surface area contributed by atoms with E-state index >= 15 is 0 Å². The van der Waals surface area contributed by atoms with Crippen molar-refractivity contribution in [3.8, 4) is 11.5 Å². The molecule has 0 unspecified atom stereocenters. The van der Waals surface area contributed by atoms with Crippen LogP contribution >= 0.6 is 0 Å². The van der Waals surface area contributed by atoms with E-state index in [9.17, 15) is 4.79 Å². The van der Waals surface area contributed by atoms with Crippen LogP contribution < -0.4 is 20.9 Å². The second-order valence-corrected chi connectivity index (χ2v) is 3.53. The Morgan fingerprint density at radius 1 is 1.44 bits per heavy atom. The molecule has 1 aliphatic heterocycles. The van der Waals surface area contributed by atoms with Gasteiger partial charge in [-0.25, -0.2) is 9.66 Å². The lowest BCUT2D eigenvalue weighted by atomic mass is 10.2. The third-order valence-electron chi connectivity index (χ3n) is 2.58. The molecule has 2 N–H and O–H groups in total. The molecule has 6 heteroatoms. The molecule has 16 heavy (non-hydrogen) atoms. The molecule has 0 spiro atoms. The Morgan fingerprint density at radius 2 is 2.25 bits per heavy atom. The molecule has 0 fully saturated rings. The minimum absolute atomic E-state index is 0.154. The molecule has 2 heterocycles. The summed E-state index contributed by atoms with van der Waals surface area (Å²) in [7, 11) is 0. The van der Waals surface area contributed by atoms with Crippen molar-refractivity contribution < 1.29 is 9.47 Å². The highest BCUT2D eigenvalue weighted by molar-refractivity contribution is 5.86. The summed E-state index contributed by atoms with van der Waals surface area (Å²) < 4.78 is 11.5. The number of nitrogens with two attached hydrogens (primary N) is 1. The van der Waals surface area contributed by atoms with Crippen LogP contribution in [-0.2, 0) is 0 Å². The lowest BCUT2D eigenvalue weighted by Gasteiger charge is -2.06. The lowest BCUT2D eigenvalue weighted by molar-refractivity contribution is 0.174. The zero-order valence-electron chi connectivity index (χ0n) is 8.56. The van der Waals surface area contributed by atoms with Crippen LogP contribution in [0.25, 0.3) is 10.9 Å². The van der Waals surface area contributed by atoms with Crippen LogP contribution in [0, 0.1) is 6.92 Å². The van der Waals surface area contributed by atoms with E-state index in [4.69, 9.17) is 15.3 Å². The maximum atomic E-state index is 11.9. The first-order chi connectivity index (χ1) is 7.68. The largest absolute Gasteiger partial charge is 0.454 e. The van der Waals surface area contributed by atoms with Gasteiger partial charge in [0.05, 0.1) is 5.39 Å². The van der Waals surface area contributed by atoms with E-state index < -0.39 is 0 Å². The van der Waals surface area contributed by atoms with Gasteiger partial charge in [0.15, 0.2) is 11.5 Å². The molecule has 0 radical (unpaired) electrons. The monoisotopic (exact) mass is 219 g/mol.